The second-order valence-electron chi connectivity index (χ2n) is 3.49. The second-order valence-corrected chi connectivity index (χ2v) is 4.38. The Balaban J connectivity index is 2.39. The summed E-state index contributed by atoms with van der Waals surface area (Å²) < 4.78 is 5.28. The molecule has 2 heterocycles. The van der Waals surface area contributed by atoms with E-state index in [0.29, 0.717) is 5.92 Å². The van der Waals surface area contributed by atoms with Gasteiger partial charge in [-0.3, -0.25) is 0 Å². The molecular formula is C10H12N2OS. The Morgan fingerprint density at radius 3 is 2.71 bits per heavy atom. The molecular weight excluding hydrogens is 196 g/mol. The number of hydrogen-bond acceptors (Lipinski definition) is 4. The summed E-state index contributed by atoms with van der Waals surface area (Å²) in [5.41, 5.74) is 1.79. The van der Waals surface area contributed by atoms with E-state index in [1.165, 1.54) is 6.39 Å². The molecule has 0 saturated carbocycles. The molecule has 0 aromatic carbocycles. The van der Waals surface area contributed by atoms with Crippen molar-refractivity contribution in [3.63, 3.8) is 0 Å². The summed E-state index contributed by atoms with van der Waals surface area (Å²) in [7, 11) is 0. The molecule has 74 valence electrons. The van der Waals surface area contributed by atoms with Gasteiger partial charge in [0.25, 0.3) is 0 Å². The first-order valence-electron chi connectivity index (χ1n) is 4.54. The van der Waals surface area contributed by atoms with Crippen molar-refractivity contribution >= 4 is 11.3 Å². The van der Waals surface area contributed by atoms with E-state index in [1.54, 1.807) is 11.3 Å². The first-order valence-corrected chi connectivity index (χ1v) is 5.42. The Morgan fingerprint density at radius 1 is 1.43 bits per heavy atom. The predicted molar refractivity (Wildman–Crippen MR) is 56.4 cm³/mol. The largest absolute Gasteiger partial charge is 0.442 e. The molecule has 0 aliphatic rings. The lowest BCUT2D eigenvalue weighted by Gasteiger charge is -1.96. The van der Waals surface area contributed by atoms with Crippen LogP contribution >= 0.6 is 11.3 Å². The summed E-state index contributed by atoms with van der Waals surface area (Å²) in [5.74, 6) is 1.25. The Bertz CT molecular complexity index is 431. The number of aromatic nitrogens is 2. The van der Waals surface area contributed by atoms with E-state index >= 15 is 0 Å². The van der Waals surface area contributed by atoms with Gasteiger partial charge in [-0.1, -0.05) is 13.8 Å². The van der Waals surface area contributed by atoms with Crippen molar-refractivity contribution in [3.8, 4) is 11.5 Å². The number of rotatable bonds is 2. The Kier molecular flexibility index (Phi) is 2.37. The maximum absolute atomic E-state index is 5.28. The summed E-state index contributed by atoms with van der Waals surface area (Å²) in [6.45, 7) is 6.19. The molecule has 0 aliphatic heterocycles. The quantitative estimate of drug-likeness (QED) is 0.760. The van der Waals surface area contributed by atoms with Crippen LogP contribution in [0.3, 0.4) is 0 Å². The minimum Gasteiger partial charge on any atom is -0.442 e. The highest BCUT2D eigenvalue weighted by molar-refractivity contribution is 7.10. The monoisotopic (exact) mass is 208 g/mol. The van der Waals surface area contributed by atoms with E-state index < -0.39 is 0 Å². The SMILES string of the molecule is Cc1ncoc1-c1csc(C(C)C)n1. The van der Waals surface area contributed by atoms with Crippen LogP contribution in [-0.2, 0) is 0 Å². The minimum atomic E-state index is 0.469. The summed E-state index contributed by atoms with van der Waals surface area (Å²) in [4.78, 5) is 8.54. The summed E-state index contributed by atoms with van der Waals surface area (Å²) >= 11 is 1.67. The third-order valence-electron chi connectivity index (χ3n) is 1.99. The van der Waals surface area contributed by atoms with Crippen LogP contribution in [0.2, 0.25) is 0 Å². The molecule has 4 heteroatoms. The van der Waals surface area contributed by atoms with E-state index in [0.717, 1.165) is 22.2 Å². The second kappa shape index (κ2) is 3.53. The van der Waals surface area contributed by atoms with Crippen LogP contribution < -0.4 is 0 Å². The number of aryl methyl sites for hydroxylation is 1. The summed E-state index contributed by atoms with van der Waals surface area (Å²) in [6.07, 6.45) is 1.46. The van der Waals surface area contributed by atoms with Crippen LogP contribution in [0.4, 0.5) is 0 Å². The van der Waals surface area contributed by atoms with E-state index in [1.807, 2.05) is 12.3 Å². The fourth-order valence-electron chi connectivity index (χ4n) is 1.20. The van der Waals surface area contributed by atoms with Crippen molar-refractivity contribution in [1.29, 1.82) is 0 Å². The maximum Gasteiger partial charge on any atom is 0.181 e. The van der Waals surface area contributed by atoms with Gasteiger partial charge in [0, 0.05) is 11.3 Å². The van der Waals surface area contributed by atoms with Gasteiger partial charge < -0.3 is 4.42 Å². The van der Waals surface area contributed by atoms with Crippen molar-refractivity contribution in [2.45, 2.75) is 26.7 Å². The van der Waals surface area contributed by atoms with Gasteiger partial charge in [-0.15, -0.1) is 11.3 Å². The predicted octanol–water partition coefficient (Wildman–Crippen LogP) is 3.23. The standard InChI is InChI=1S/C10H12N2OS/c1-6(2)10-12-8(4-14-10)9-7(3)11-5-13-9/h4-6H,1-3H3. The van der Waals surface area contributed by atoms with Gasteiger partial charge in [0.2, 0.25) is 0 Å². The van der Waals surface area contributed by atoms with E-state index in [9.17, 15) is 0 Å². The molecule has 0 saturated heterocycles. The number of oxazole rings is 1. The van der Waals surface area contributed by atoms with Crippen molar-refractivity contribution in [3.05, 3.63) is 22.5 Å². The lowest BCUT2D eigenvalue weighted by molar-refractivity contribution is 0.569. The Hall–Kier alpha value is -1.16. The third kappa shape index (κ3) is 1.57. The van der Waals surface area contributed by atoms with Gasteiger partial charge in [-0.05, 0) is 6.92 Å². The average Bonchev–Trinajstić information content (AvgIpc) is 2.71. The van der Waals surface area contributed by atoms with Crippen molar-refractivity contribution in [2.24, 2.45) is 0 Å². The van der Waals surface area contributed by atoms with Gasteiger partial charge in [0.15, 0.2) is 12.2 Å². The van der Waals surface area contributed by atoms with Gasteiger partial charge >= 0.3 is 0 Å². The molecule has 0 unspecified atom stereocenters. The molecule has 0 bridgehead atoms. The van der Waals surface area contributed by atoms with Crippen LogP contribution in [0.5, 0.6) is 0 Å². The highest BCUT2D eigenvalue weighted by Gasteiger charge is 2.12. The lowest BCUT2D eigenvalue weighted by atomic mass is 10.2. The molecule has 3 nitrogen and oxygen atoms in total. The smallest absolute Gasteiger partial charge is 0.181 e. The van der Waals surface area contributed by atoms with Gasteiger partial charge in [0.05, 0.1) is 10.7 Å². The van der Waals surface area contributed by atoms with Crippen molar-refractivity contribution in [2.75, 3.05) is 0 Å². The fourth-order valence-corrected chi connectivity index (χ4v) is 2.02. The molecule has 14 heavy (non-hydrogen) atoms. The minimum absolute atomic E-state index is 0.469. The highest BCUT2D eigenvalue weighted by Crippen LogP contribution is 2.27. The number of thiazole rings is 1. The molecule has 0 atom stereocenters. The number of hydrogen-bond donors (Lipinski definition) is 0. The highest BCUT2D eigenvalue weighted by atomic mass is 32.1. The van der Waals surface area contributed by atoms with Crippen LogP contribution in [-0.4, -0.2) is 9.97 Å². The molecule has 2 aromatic heterocycles. The van der Waals surface area contributed by atoms with E-state index in [4.69, 9.17) is 4.42 Å². The summed E-state index contributed by atoms with van der Waals surface area (Å²) in [6, 6.07) is 0. The molecule has 2 rings (SSSR count). The molecule has 0 N–H and O–H groups in total. The molecule has 0 amide bonds. The topological polar surface area (TPSA) is 38.9 Å². The molecule has 0 aliphatic carbocycles. The zero-order valence-corrected chi connectivity index (χ0v) is 9.26. The van der Waals surface area contributed by atoms with Crippen molar-refractivity contribution in [1.82, 2.24) is 9.97 Å². The lowest BCUT2D eigenvalue weighted by Crippen LogP contribution is -1.85. The van der Waals surface area contributed by atoms with Gasteiger partial charge in [-0.25, -0.2) is 9.97 Å². The van der Waals surface area contributed by atoms with Crippen LogP contribution in [0.1, 0.15) is 30.5 Å². The van der Waals surface area contributed by atoms with Crippen LogP contribution in [0, 0.1) is 6.92 Å². The third-order valence-corrected chi connectivity index (χ3v) is 3.14. The normalized spacial score (nSPS) is 11.1. The Morgan fingerprint density at radius 2 is 2.21 bits per heavy atom. The van der Waals surface area contributed by atoms with Gasteiger partial charge in [-0.2, -0.15) is 0 Å². The zero-order chi connectivity index (χ0) is 10.1. The Labute approximate surface area is 86.8 Å². The zero-order valence-electron chi connectivity index (χ0n) is 8.44. The maximum atomic E-state index is 5.28. The number of nitrogens with zero attached hydrogens (tertiary/aromatic N) is 2. The van der Waals surface area contributed by atoms with Crippen molar-refractivity contribution < 1.29 is 4.42 Å². The first kappa shape index (κ1) is 9.40. The van der Waals surface area contributed by atoms with E-state index in [2.05, 4.69) is 23.8 Å². The van der Waals surface area contributed by atoms with E-state index in [-0.39, 0.29) is 0 Å². The average molecular weight is 208 g/mol. The molecule has 0 spiro atoms. The van der Waals surface area contributed by atoms with Crippen LogP contribution in [0.15, 0.2) is 16.2 Å². The molecule has 0 radical (unpaired) electrons. The molecule has 2 aromatic rings. The molecule has 0 fully saturated rings. The van der Waals surface area contributed by atoms with Gasteiger partial charge in [0.1, 0.15) is 5.69 Å². The summed E-state index contributed by atoms with van der Waals surface area (Å²) in [5, 5.41) is 3.15. The first-order chi connectivity index (χ1) is 6.68. The fraction of sp³-hybridized carbons (Fsp3) is 0.400. The van der Waals surface area contributed by atoms with Crippen LogP contribution in [0.25, 0.3) is 11.5 Å².